The quantitative estimate of drug-likeness (QED) is 0.213. The van der Waals surface area contributed by atoms with Gasteiger partial charge >= 0.3 is 0 Å². The Kier molecular flexibility index (Phi) is 6.49. The van der Waals surface area contributed by atoms with Gasteiger partial charge in [-0.15, -0.1) is 0 Å². The van der Waals surface area contributed by atoms with Gasteiger partial charge < -0.3 is 0 Å². The average Bonchev–Trinajstić information content (AvgIpc) is 2.98. The van der Waals surface area contributed by atoms with E-state index in [0.717, 1.165) is 32.6 Å². The van der Waals surface area contributed by atoms with Crippen molar-refractivity contribution in [3.63, 3.8) is 0 Å². The van der Waals surface area contributed by atoms with Gasteiger partial charge in [-0.2, -0.15) is 0 Å². The van der Waals surface area contributed by atoms with Crippen LogP contribution in [0.1, 0.15) is 0 Å². The van der Waals surface area contributed by atoms with Crippen LogP contribution >= 0.6 is 15.9 Å². The first-order chi connectivity index (χ1) is 18.2. The number of pyridine rings is 1. The number of aromatic nitrogens is 1. The van der Waals surface area contributed by atoms with Crippen LogP contribution in [0.25, 0.3) is 55.9 Å². The maximum Gasteiger partial charge on any atom is 0.0715 e. The van der Waals surface area contributed by atoms with E-state index < -0.39 is 0 Å². The van der Waals surface area contributed by atoms with Crippen LogP contribution in [0.5, 0.6) is 0 Å². The number of nitrogens with zero attached hydrogens (tertiary/aromatic N) is 1. The third-order valence-electron chi connectivity index (χ3n) is 6.58. The van der Waals surface area contributed by atoms with Crippen LogP contribution in [0.15, 0.2) is 150 Å². The molecule has 0 aliphatic heterocycles. The zero-order valence-electron chi connectivity index (χ0n) is 20.2. The lowest BCUT2D eigenvalue weighted by Gasteiger charge is -2.11. The van der Waals surface area contributed by atoms with Crippen molar-refractivity contribution < 1.29 is 0 Å². The van der Waals surface area contributed by atoms with Crippen molar-refractivity contribution in [2.75, 3.05) is 0 Å². The molecule has 0 spiro atoms. The van der Waals surface area contributed by atoms with E-state index in [0.29, 0.717) is 0 Å². The summed E-state index contributed by atoms with van der Waals surface area (Å²) >= 11 is 3.51. The molecule has 0 aliphatic rings. The van der Waals surface area contributed by atoms with Crippen LogP contribution in [0.2, 0.25) is 0 Å². The van der Waals surface area contributed by atoms with Crippen molar-refractivity contribution in [3.8, 4) is 55.9 Å². The Bertz CT molecular complexity index is 1560. The second kappa shape index (κ2) is 10.4. The summed E-state index contributed by atoms with van der Waals surface area (Å²) in [5, 5.41) is 0. The zero-order chi connectivity index (χ0) is 25.0. The summed E-state index contributed by atoms with van der Waals surface area (Å²) in [4.78, 5) is 5.00. The molecule has 0 fully saturated rings. The molecule has 0 N–H and O–H groups in total. The topological polar surface area (TPSA) is 12.9 Å². The fraction of sp³-hybridized carbons (Fsp3) is 0. The van der Waals surface area contributed by atoms with Gasteiger partial charge in [-0.1, -0.05) is 137 Å². The summed E-state index contributed by atoms with van der Waals surface area (Å²) in [5.74, 6) is 0. The summed E-state index contributed by atoms with van der Waals surface area (Å²) in [7, 11) is 0. The van der Waals surface area contributed by atoms with Gasteiger partial charge in [0.2, 0.25) is 0 Å². The van der Waals surface area contributed by atoms with Crippen molar-refractivity contribution in [1.82, 2.24) is 4.98 Å². The molecule has 0 unspecified atom stereocenters. The second-order valence-corrected chi connectivity index (χ2v) is 9.94. The monoisotopic (exact) mass is 537 g/mol. The highest BCUT2D eigenvalue weighted by atomic mass is 79.9. The Balaban J connectivity index is 1.33. The molecule has 2 heteroatoms. The van der Waals surface area contributed by atoms with Crippen LogP contribution in [0, 0.1) is 0 Å². The van der Waals surface area contributed by atoms with E-state index in [4.69, 9.17) is 4.98 Å². The van der Waals surface area contributed by atoms with Gasteiger partial charge in [0, 0.05) is 15.6 Å². The van der Waals surface area contributed by atoms with E-state index >= 15 is 0 Å². The molecule has 0 radical (unpaired) electrons. The van der Waals surface area contributed by atoms with Crippen LogP contribution < -0.4 is 0 Å². The third kappa shape index (κ3) is 5.16. The molecule has 5 aromatic carbocycles. The lowest BCUT2D eigenvalue weighted by molar-refractivity contribution is 1.32. The summed E-state index contributed by atoms with van der Waals surface area (Å²) in [6, 6.07) is 51.1. The number of halogens is 1. The lowest BCUT2D eigenvalue weighted by atomic mass is 9.96. The predicted octanol–water partition coefficient (Wildman–Crippen LogP) is 10.2. The summed E-state index contributed by atoms with van der Waals surface area (Å²) in [5.41, 5.74) is 11.3. The Morgan fingerprint density at radius 2 is 0.649 bits per heavy atom. The number of benzene rings is 5. The normalized spacial score (nSPS) is 10.8. The average molecular weight is 538 g/mol. The minimum atomic E-state index is 0.976. The molecular formula is C35H24BrN. The standard InChI is InChI=1S/C35H24BrN/c36-33-21-19-28(20-22-33)27-13-11-25(12-14-27)26-15-17-29(18-16-26)32-23-34(30-7-3-1-4-8-30)37-35(24-32)31-9-5-2-6-10-31/h1-24H. The van der Waals surface area contributed by atoms with Crippen molar-refractivity contribution >= 4 is 15.9 Å². The molecule has 6 aromatic rings. The maximum absolute atomic E-state index is 5.00. The van der Waals surface area contributed by atoms with Gasteiger partial charge in [0.05, 0.1) is 11.4 Å². The molecule has 0 bridgehead atoms. The van der Waals surface area contributed by atoms with E-state index in [2.05, 4.69) is 149 Å². The first kappa shape index (κ1) is 23.1. The van der Waals surface area contributed by atoms with Gasteiger partial charge in [0.15, 0.2) is 0 Å². The molecule has 37 heavy (non-hydrogen) atoms. The minimum Gasteiger partial charge on any atom is -0.248 e. The largest absolute Gasteiger partial charge is 0.248 e. The molecule has 6 rings (SSSR count). The second-order valence-electron chi connectivity index (χ2n) is 9.02. The summed E-state index contributed by atoms with van der Waals surface area (Å²) in [6.07, 6.45) is 0. The smallest absolute Gasteiger partial charge is 0.0715 e. The molecule has 1 aromatic heterocycles. The Morgan fingerprint density at radius 1 is 0.324 bits per heavy atom. The molecule has 1 nitrogen and oxygen atoms in total. The summed E-state index contributed by atoms with van der Waals surface area (Å²) < 4.78 is 1.09. The number of rotatable bonds is 5. The SMILES string of the molecule is Brc1ccc(-c2ccc(-c3ccc(-c4cc(-c5ccccc5)nc(-c5ccccc5)c4)cc3)cc2)cc1. The molecule has 176 valence electrons. The predicted molar refractivity (Wildman–Crippen MR) is 159 cm³/mol. The van der Waals surface area contributed by atoms with Gasteiger partial charge in [-0.05, 0) is 57.6 Å². The number of hydrogen-bond donors (Lipinski definition) is 0. The van der Waals surface area contributed by atoms with Gasteiger partial charge in [0.25, 0.3) is 0 Å². The molecular weight excluding hydrogens is 514 g/mol. The molecule has 1 heterocycles. The van der Waals surface area contributed by atoms with Crippen LogP contribution in [0.3, 0.4) is 0 Å². The van der Waals surface area contributed by atoms with E-state index in [1.54, 1.807) is 0 Å². The lowest BCUT2D eigenvalue weighted by Crippen LogP contribution is -1.91. The van der Waals surface area contributed by atoms with E-state index in [1.807, 2.05) is 12.1 Å². The Labute approximate surface area is 226 Å². The van der Waals surface area contributed by atoms with Crippen molar-refractivity contribution in [3.05, 3.63) is 150 Å². The molecule has 0 saturated carbocycles. The molecule has 0 saturated heterocycles. The highest BCUT2D eigenvalue weighted by Crippen LogP contribution is 2.32. The fourth-order valence-electron chi connectivity index (χ4n) is 4.56. The Hall–Kier alpha value is -4.27. The van der Waals surface area contributed by atoms with Crippen LogP contribution in [-0.2, 0) is 0 Å². The van der Waals surface area contributed by atoms with Crippen molar-refractivity contribution in [2.24, 2.45) is 0 Å². The molecule has 0 aliphatic carbocycles. The maximum atomic E-state index is 5.00. The first-order valence-electron chi connectivity index (χ1n) is 12.3. The van der Waals surface area contributed by atoms with E-state index in [-0.39, 0.29) is 0 Å². The van der Waals surface area contributed by atoms with Crippen molar-refractivity contribution in [1.29, 1.82) is 0 Å². The molecule has 0 amide bonds. The van der Waals surface area contributed by atoms with Gasteiger partial charge in [-0.25, -0.2) is 4.98 Å². The zero-order valence-corrected chi connectivity index (χ0v) is 21.8. The Morgan fingerprint density at radius 3 is 1.03 bits per heavy atom. The minimum absolute atomic E-state index is 0.976. The van der Waals surface area contributed by atoms with Crippen molar-refractivity contribution in [2.45, 2.75) is 0 Å². The first-order valence-corrected chi connectivity index (χ1v) is 13.1. The highest BCUT2D eigenvalue weighted by Gasteiger charge is 2.09. The summed E-state index contributed by atoms with van der Waals surface area (Å²) in [6.45, 7) is 0. The van der Waals surface area contributed by atoms with Gasteiger partial charge in [-0.3, -0.25) is 0 Å². The number of hydrogen-bond acceptors (Lipinski definition) is 1. The van der Waals surface area contributed by atoms with E-state index in [9.17, 15) is 0 Å². The van der Waals surface area contributed by atoms with E-state index in [1.165, 1.54) is 27.8 Å². The van der Waals surface area contributed by atoms with Gasteiger partial charge in [0.1, 0.15) is 0 Å². The molecule has 0 atom stereocenters. The third-order valence-corrected chi connectivity index (χ3v) is 7.11. The highest BCUT2D eigenvalue weighted by molar-refractivity contribution is 9.10. The fourth-order valence-corrected chi connectivity index (χ4v) is 4.83. The van der Waals surface area contributed by atoms with Crippen LogP contribution in [0.4, 0.5) is 0 Å². The van der Waals surface area contributed by atoms with Crippen LogP contribution in [-0.4, -0.2) is 4.98 Å².